The molecule has 0 bridgehead atoms. The van der Waals surface area contributed by atoms with Crippen molar-refractivity contribution in [3.05, 3.63) is 29.7 Å². The molecule has 0 N–H and O–H groups in total. The zero-order valence-electron chi connectivity index (χ0n) is 14.1. The average Bonchev–Trinajstić information content (AvgIpc) is 3.28. The Morgan fingerprint density at radius 1 is 1.46 bits per heavy atom. The Morgan fingerprint density at radius 2 is 2.33 bits per heavy atom. The first-order valence-corrected chi connectivity index (χ1v) is 8.44. The van der Waals surface area contributed by atoms with Crippen LogP contribution in [0.4, 0.5) is 0 Å². The van der Waals surface area contributed by atoms with Crippen molar-refractivity contribution in [2.24, 2.45) is 0 Å². The summed E-state index contributed by atoms with van der Waals surface area (Å²) in [5, 5.41) is 8.35. The van der Waals surface area contributed by atoms with Crippen LogP contribution in [0.3, 0.4) is 0 Å². The van der Waals surface area contributed by atoms with Crippen molar-refractivity contribution in [3.63, 3.8) is 0 Å². The van der Waals surface area contributed by atoms with Gasteiger partial charge in [0.05, 0.1) is 0 Å². The van der Waals surface area contributed by atoms with Gasteiger partial charge in [0.25, 0.3) is 11.8 Å². The molecule has 2 aromatic heterocycles. The van der Waals surface area contributed by atoms with Gasteiger partial charge in [-0.15, -0.1) is 0 Å². The van der Waals surface area contributed by atoms with Crippen molar-refractivity contribution in [2.45, 2.75) is 45.8 Å². The number of hydrogen-bond acceptors (Lipinski definition) is 6. The van der Waals surface area contributed by atoms with Gasteiger partial charge in [-0.3, -0.25) is 9.48 Å². The highest BCUT2D eigenvalue weighted by molar-refractivity contribution is 5.92. The van der Waals surface area contributed by atoms with Gasteiger partial charge in [0.2, 0.25) is 0 Å². The van der Waals surface area contributed by atoms with Gasteiger partial charge in [-0.05, 0) is 32.8 Å². The molecule has 1 atom stereocenters. The van der Waals surface area contributed by atoms with Gasteiger partial charge in [0, 0.05) is 38.4 Å². The van der Waals surface area contributed by atoms with Crippen LogP contribution in [0, 0.1) is 0 Å². The van der Waals surface area contributed by atoms with Crippen molar-refractivity contribution in [2.75, 3.05) is 19.7 Å². The molecule has 0 aromatic carbocycles. The number of carbonyl (C=O) groups excluding carboxylic acids is 1. The molecule has 130 valence electrons. The van der Waals surface area contributed by atoms with Crippen LogP contribution in [-0.4, -0.2) is 50.4 Å². The molecule has 1 fully saturated rings. The van der Waals surface area contributed by atoms with E-state index >= 15 is 0 Å². The Balaban J connectivity index is 1.65. The average molecular weight is 333 g/mol. The Bertz CT molecular complexity index is 681. The Labute approximate surface area is 140 Å². The minimum atomic E-state index is -0.0371. The molecular weight excluding hydrogens is 310 g/mol. The molecule has 8 nitrogen and oxygen atoms in total. The summed E-state index contributed by atoms with van der Waals surface area (Å²) in [6.45, 7) is 6.92. The third-order valence-electron chi connectivity index (χ3n) is 4.17. The lowest BCUT2D eigenvalue weighted by atomic mass is 9.97. The highest BCUT2D eigenvalue weighted by atomic mass is 16.5. The number of amides is 1. The van der Waals surface area contributed by atoms with Gasteiger partial charge < -0.3 is 14.2 Å². The van der Waals surface area contributed by atoms with E-state index in [-0.39, 0.29) is 11.8 Å². The van der Waals surface area contributed by atoms with E-state index in [1.165, 1.54) is 0 Å². The molecule has 0 radical (unpaired) electrons. The maximum absolute atomic E-state index is 12.6. The van der Waals surface area contributed by atoms with Crippen LogP contribution in [0.2, 0.25) is 0 Å². The second-order valence-corrected chi connectivity index (χ2v) is 5.83. The van der Waals surface area contributed by atoms with E-state index in [1.54, 1.807) is 10.7 Å². The summed E-state index contributed by atoms with van der Waals surface area (Å²) in [6, 6.07) is 1.77. The minimum Gasteiger partial charge on any atom is -0.372 e. The summed E-state index contributed by atoms with van der Waals surface area (Å²) in [5.41, 5.74) is 0.489. The lowest BCUT2D eigenvalue weighted by Gasteiger charge is -2.30. The summed E-state index contributed by atoms with van der Waals surface area (Å²) >= 11 is 0. The van der Waals surface area contributed by atoms with Gasteiger partial charge in [-0.2, -0.15) is 10.1 Å². The predicted molar refractivity (Wildman–Crippen MR) is 85.4 cm³/mol. The zero-order valence-corrected chi connectivity index (χ0v) is 14.1. The second kappa shape index (κ2) is 7.57. The number of piperidine rings is 1. The second-order valence-electron chi connectivity index (χ2n) is 5.83. The summed E-state index contributed by atoms with van der Waals surface area (Å²) < 4.78 is 12.2. The lowest BCUT2D eigenvalue weighted by molar-refractivity contribution is 0.0696. The Kier molecular flexibility index (Phi) is 5.24. The molecule has 24 heavy (non-hydrogen) atoms. The predicted octanol–water partition coefficient (Wildman–Crippen LogP) is 1.84. The van der Waals surface area contributed by atoms with Crippen molar-refractivity contribution in [1.82, 2.24) is 24.8 Å². The molecule has 0 aliphatic carbocycles. The quantitative estimate of drug-likeness (QED) is 0.802. The van der Waals surface area contributed by atoms with Crippen LogP contribution in [0.15, 0.2) is 16.8 Å². The van der Waals surface area contributed by atoms with Gasteiger partial charge in [-0.1, -0.05) is 5.16 Å². The normalized spacial score (nSPS) is 18.1. The molecule has 3 rings (SSSR count). The smallest absolute Gasteiger partial charge is 0.274 e. The largest absolute Gasteiger partial charge is 0.372 e. The molecule has 1 amide bonds. The van der Waals surface area contributed by atoms with E-state index in [0.29, 0.717) is 37.2 Å². The van der Waals surface area contributed by atoms with E-state index in [9.17, 15) is 4.79 Å². The summed E-state index contributed by atoms with van der Waals surface area (Å²) in [7, 11) is 0. The number of ether oxygens (including phenoxy) is 1. The number of rotatable bonds is 6. The summed E-state index contributed by atoms with van der Waals surface area (Å²) in [4.78, 5) is 18.8. The van der Waals surface area contributed by atoms with Crippen LogP contribution in [-0.2, 0) is 17.9 Å². The van der Waals surface area contributed by atoms with Crippen LogP contribution < -0.4 is 0 Å². The van der Waals surface area contributed by atoms with E-state index < -0.39 is 0 Å². The fraction of sp³-hybridized carbons (Fsp3) is 0.625. The first-order chi connectivity index (χ1) is 11.7. The van der Waals surface area contributed by atoms with Crippen molar-refractivity contribution in [3.8, 4) is 0 Å². The molecule has 8 heteroatoms. The topological polar surface area (TPSA) is 86.3 Å². The minimum absolute atomic E-state index is 0.0371. The molecule has 2 aromatic rings. The Hall–Kier alpha value is -2.22. The van der Waals surface area contributed by atoms with Crippen molar-refractivity contribution in [1.29, 1.82) is 0 Å². The number of carbonyl (C=O) groups is 1. The highest BCUT2D eigenvalue weighted by Gasteiger charge is 2.29. The van der Waals surface area contributed by atoms with E-state index in [0.717, 1.165) is 25.9 Å². The Morgan fingerprint density at radius 3 is 3.08 bits per heavy atom. The van der Waals surface area contributed by atoms with E-state index in [2.05, 4.69) is 15.2 Å². The molecule has 0 saturated carbocycles. The zero-order chi connectivity index (χ0) is 16.9. The molecule has 1 aliphatic heterocycles. The van der Waals surface area contributed by atoms with Crippen molar-refractivity contribution < 1.29 is 14.1 Å². The highest BCUT2D eigenvalue weighted by Crippen LogP contribution is 2.25. The van der Waals surface area contributed by atoms with Gasteiger partial charge in [0.15, 0.2) is 5.82 Å². The molecule has 3 heterocycles. The number of aromatic nitrogens is 4. The summed E-state index contributed by atoms with van der Waals surface area (Å²) in [6.07, 6.45) is 3.69. The van der Waals surface area contributed by atoms with Crippen molar-refractivity contribution >= 4 is 5.91 Å². The van der Waals surface area contributed by atoms with Gasteiger partial charge in [0.1, 0.15) is 12.3 Å². The third kappa shape index (κ3) is 3.64. The SMILES string of the molecule is CCOCc1nc(C2CCCN(C(=O)c3ccn(CC)n3)C2)no1. The first-order valence-electron chi connectivity index (χ1n) is 8.44. The number of hydrogen-bond donors (Lipinski definition) is 0. The molecular formula is C16H23N5O3. The number of nitrogens with zero attached hydrogens (tertiary/aromatic N) is 5. The maximum atomic E-state index is 12.6. The summed E-state index contributed by atoms with van der Waals surface area (Å²) in [5.74, 6) is 1.19. The van der Waals surface area contributed by atoms with Crippen LogP contribution in [0.25, 0.3) is 0 Å². The monoisotopic (exact) mass is 333 g/mol. The van der Waals surface area contributed by atoms with Gasteiger partial charge in [-0.25, -0.2) is 0 Å². The lowest BCUT2D eigenvalue weighted by Crippen LogP contribution is -2.39. The number of aryl methyl sites for hydroxylation is 1. The fourth-order valence-electron chi connectivity index (χ4n) is 2.87. The first kappa shape index (κ1) is 16.6. The maximum Gasteiger partial charge on any atom is 0.274 e. The van der Waals surface area contributed by atoms with Gasteiger partial charge >= 0.3 is 0 Å². The van der Waals surface area contributed by atoms with Crippen LogP contribution in [0.5, 0.6) is 0 Å². The fourth-order valence-corrected chi connectivity index (χ4v) is 2.87. The standard InChI is InChI=1S/C16H23N5O3/c1-3-21-9-7-13(18-21)16(22)20-8-5-6-12(10-20)15-17-14(24-19-15)11-23-4-2/h7,9,12H,3-6,8,10-11H2,1-2H3. The number of likely N-dealkylation sites (tertiary alicyclic amines) is 1. The molecule has 1 unspecified atom stereocenters. The molecule has 1 saturated heterocycles. The molecule has 1 aliphatic rings. The van der Waals surface area contributed by atoms with E-state index in [4.69, 9.17) is 9.26 Å². The van der Waals surface area contributed by atoms with E-state index in [1.807, 2.05) is 24.9 Å². The third-order valence-corrected chi connectivity index (χ3v) is 4.17. The van der Waals surface area contributed by atoms with Crippen LogP contribution in [0.1, 0.15) is 54.8 Å². The molecule has 0 spiro atoms. The van der Waals surface area contributed by atoms with Crippen LogP contribution >= 0.6 is 0 Å².